The second-order valence-corrected chi connectivity index (χ2v) is 25.5. The molecule has 0 amide bonds. The maximum absolute atomic E-state index is 2.57. The molecule has 0 saturated carbocycles. The average molecular weight is 903 g/mol. The third-order valence-electron chi connectivity index (χ3n) is 16.9. The van der Waals surface area contributed by atoms with Gasteiger partial charge in [-0.1, -0.05) is 174 Å². The van der Waals surface area contributed by atoms with Gasteiger partial charge in [-0.15, -0.1) is 0 Å². The van der Waals surface area contributed by atoms with E-state index in [0.717, 1.165) is 0 Å². The summed E-state index contributed by atoms with van der Waals surface area (Å²) in [6.45, 7) is 9.56. The van der Waals surface area contributed by atoms with Gasteiger partial charge in [0.1, 0.15) is 8.07 Å². The summed E-state index contributed by atoms with van der Waals surface area (Å²) in [5.41, 5.74) is 20.7. The number of benzene rings is 10. The van der Waals surface area contributed by atoms with Crippen LogP contribution in [0.4, 0.5) is 34.1 Å². The van der Waals surface area contributed by atoms with Gasteiger partial charge in [-0.05, 0) is 172 Å². The van der Waals surface area contributed by atoms with E-state index < -0.39 is 8.07 Å². The lowest BCUT2D eigenvalue weighted by atomic mass is 9.82. The molecule has 2 aliphatic carbocycles. The maximum Gasteiger partial charge on any atom is 0.119 e. The molecule has 0 N–H and O–H groups in total. The molecule has 332 valence electrons. The fraction of sp³-hybridized carbons (Fsp3) is 0.152. The maximum atomic E-state index is 2.57. The van der Waals surface area contributed by atoms with Crippen LogP contribution in [0.2, 0.25) is 12.1 Å². The zero-order valence-electron chi connectivity index (χ0n) is 39.9. The highest BCUT2D eigenvalue weighted by molar-refractivity contribution is 7.06. The standard InChI is InChI=1S/C66H54N2Si/c1-65(2)59-21-11-9-19-53(59)55-31-27-51(41-61(55)65)67(47-25-23-43-15-5-7-17-45(43)37-47)49-29-33-63-57(39-49)58-40-50(30-34-64(58)69(63)35-13-14-36-69)68(48-26-24-44-16-6-8-18-46(44)38-48)52-28-32-56-54-20-10-12-22-60(54)66(3,4)62(56)42-52/h5-12,15-34,37-42H,13-14,35-36H2,1-4H3. The van der Waals surface area contributed by atoms with Crippen LogP contribution >= 0.6 is 0 Å². The van der Waals surface area contributed by atoms with Crippen molar-refractivity contribution in [2.75, 3.05) is 9.80 Å². The molecule has 4 aliphatic rings. The predicted molar refractivity (Wildman–Crippen MR) is 295 cm³/mol. The highest BCUT2D eigenvalue weighted by atomic mass is 28.3. The van der Waals surface area contributed by atoms with Crippen LogP contribution in [-0.2, 0) is 10.8 Å². The van der Waals surface area contributed by atoms with Crippen LogP contribution in [0, 0.1) is 0 Å². The Balaban J connectivity index is 0.959. The summed E-state index contributed by atoms with van der Waals surface area (Å²) in [7, 11) is -1.99. The second-order valence-electron chi connectivity index (χ2n) is 21.3. The van der Waals surface area contributed by atoms with E-state index in [-0.39, 0.29) is 10.8 Å². The zero-order valence-corrected chi connectivity index (χ0v) is 40.9. The van der Waals surface area contributed by atoms with Crippen molar-refractivity contribution in [3.05, 3.63) is 229 Å². The first kappa shape index (κ1) is 40.6. The molecule has 0 bridgehead atoms. The molecule has 10 aromatic carbocycles. The molecule has 14 rings (SSSR count). The minimum Gasteiger partial charge on any atom is -0.310 e. The summed E-state index contributed by atoms with van der Waals surface area (Å²) in [6, 6.07) is 81.7. The van der Waals surface area contributed by atoms with Gasteiger partial charge in [-0.25, -0.2) is 0 Å². The fourth-order valence-corrected chi connectivity index (χ4v) is 19.0. The molecule has 0 aromatic heterocycles. The first-order valence-corrected chi connectivity index (χ1v) is 27.5. The van der Waals surface area contributed by atoms with Crippen LogP contribution in [0.5, 0.6) is 0 Å². The normalized spacial score (nSPS) is 15.9. The van der Waals surface area contributed by atoms with Crippen molar-refractivity contribution in [2.24, 2.45) is 0 Å². The molecule has 2 heterocycles. The van der Waals surface area contributed by atoms with Crippen LogP contribution in [-0.4, -0.2) is 8.07 Å². The molecule has 1 spiro atoms. The second kappa shape index (κ2) is 14.8. The molecule has 1 fully saturated rings. The van der Waals surface area contributed by atoms with E-state index in [2.05, 4.69) is 244 Å². The smallest absolute Gasteiger partial charge is 0.119 e. The van der Waals surface area contributed by atoms with Crippen molar-refractivity contribution < 1.29 is 0 Å². The Bertz CT molecular complexity index is 3530. The molecule has 2 aliphatic heterocycles. The fourth-order valence-electron chi connectivity index (χ4n) is 13.5. The summed E-state index contributed by atoms with van der Waals surface area (Å²) in [5, 5.41) is 8.24. The lowest BCUT2D eigenvalue weighted by Crippen LogP contribution is -2.52. The molecule has 69 heavy (non-hydrogen) atoms. The van der Waals surface area contributed by atoms with Crippen molar-refractivity contribution in [3.8, 4) is 33.4 Å². The Hall–Kier alpha value is -7.46. The number of rotatable bonds is 6. The van der Waals surface area contributed by atoms with Crippen LogP contribution < -0.4 is 20.2 Å². The van der Waals surface area contributed by atoms with E-state index in [0.29, 0.717) is 0 Å². The quantitative estimate of drug-likeness (QED) is 0.153. The predicted octanol–water partition coefficient (Wildman–Crippen LogP) is 16.9. The van der Waals surface area contributed by atoms with Crippen LogP contribution in [0.3, 0.4) is 0 Å². The minimum absolute atomic E-state index is 0.111. The summed E-state index contributed by atoms with van der Waals surface area (Å²) < 4.78 is 0. The third kappa shape index (κ3) is 5.90. The Labute approximate surface area is 407 Å². The summed E-state index contributed by atoms with van der Waals surface area (Å²) >= 11 is 0. The van der Waals surface area contributed by atoms with E-state index in [1.807, 2.05) is 0 Å². The van der Waals surface area contributed by atoms with Gasteiger partial charge in [0, 0.05) is 45.0 Å². The number of anilines is 6. The Kier molecular flexibility index (Phi) is 8.69. The number of fused-ring (bicyclic) bond motifs is 13. The van der Waals surface area contributed by atoms with Gasteiger partial charge >= 0.3 is 0 Å². The number of hydrogen-bond donors (Lipinski definition) is 0. The van der Waals surface area contributed by atoms with Gasteiger partial charge in [0.05, 0.1) is 0 Å². The SMILES string of the molecule is CC1(C)c2ccccc2-c2ccc(N(c3ccc4c(c3)-c3cc(N(c5ccc6c(c5)C(C)(C)c5ccccc5-6)c5ccc6ccccc6c5)ccc3[Si]43CCCC3)c3ccc4ccccc4c3)cc21. The topological polar surface area (TPSA) is 6.48 Å². The van der Waals surface area contributed by atoms with Crippen molar-refractivity contribution in [1.29, 1.82) is 0 Å². The largest absolute Gasteiger partial charge is 0.310 e. The van der Waals surface area contributed by atoms with Gasteiger partial charge < -0.3 is 9.80 Å². The lowest BCUT2D eigenvalue weighted by molar-refractivity contribution is 0.660. The summed E-state index contributed by atoms with van der Waals surface area (Å²) in [5.74, 6) is 0. The molecule has 0 atom stereocenters. The first-order valence-electron chi connectivity index (χ1n) is 25.0. The summed E-state index contributed by atoms with van der Waals surface area (Å²) in [4.78, 5) is 5.06. The van der Waals surface area contributed by atoms with Crippen LogP contribution in [0.25, 0.3) is 54.9 Å². The highest BCUT2D eigenvalue weighted by Crippen LogP contribution is 2.53. The van der Waals surface area contributed by atoms with Crippen molar-refractivity contribution in [3.63, 3.8) is 0 Å². The van der Waals surface area contributed by atoms with E-state index in [4.69, 9.17) is 0 Å². The van der Waals surface area contributed by atoms with Crippen molar-refractivity contribution >= 4 is 74.1 Å². The van der Waals surface area contributed by atoms with E-state index >= 15 is 0 Å². The molecule has 0 unspecified atom stereocenters. The Morgan fingerprint density at radius 1 is 0.304 bits per heavy atom. The molecule has 10 aromatic rings. The van der Waals surface area contributed by atoms with E-state index in [1.54, 1.807) is 10.4 Å². The summed E-state index contributed by atoms with van der Waals surface area (Å²) in [6.07, 6.45) is 2.61. The Morgan fingerprint density at radius 2 is 0.652 bits per heavy atom. The average Bonchev–Trinajstić information content (AvgIpc) is 4.10. The number of nitrogens with zero attached hydrogens (tertiary/aromatic N) is 2. The first-order chi connectivity index (χ1) is 33.7. The molecule has 3 heteroatoms. The monoisotopic (exact) mass is 902 g/mol. The van der Waals surface area contributed by atoms with Gasteiger partial charge in [0.2, 0.25) is 0 Å². The van der Waals surface area contributed by atoms with Gasteiger partial charge in [-0.3, -0.25) is 0 Å². The molecule has 0 radical (unpaired) electrons. The Morgan fingerprint density at radius 3 is 1.12 bits per heavy atom. The lowest BCUT2D eigenvalue weighted by Gasteiger charge is -2.29. The van der Waals surface area contributed by atoms with Gasteiger partial charge in [0.15, 0.2) is 0 Å². The van der Waals surface area contributed by atoms with Gasteiger partial charge in [0.25, 0.3) is 0 Å². The van der Waals surface area contributed by atoms with Crippen LogP contribution in [0.1, 0.15) is 62.8 Å². The zero-order chi connectivity index (χ0) is 46.2. The molecule has 2 nitrogen and oxygen atoms in total. The molecule has 1 saturated heterocycles. The third-order valence-corrected chi connectivity index (χ3v) is 22.3. The van der Waals surface area contributed by atoms with Gasteiger partial charge in [-0.2, -0.15) is 0 Å². The van der Waals surface area contributed by atoms with E-state index in [9.17, 15) is 0 Å². The van der Waals surface area contributed by atoms with Crippen LogP contribution in [0.15, 0.2) is 206 Å². The van der Waals surface area contributed by atoms with E-state index in [1.165, 1.54) is 136 Å². The molecular weight excluding hydrogens is 849 g/mol. The van der Waals surface area contributed by atoms with Crippen molar-refractivity contribution in [1.82, 2.24) is 0 Å². The number of hydrogen-bond acceptors (Lipinski definition) is 2. The van der Waals surface area contributed by atoms with Crippen molar-refractivity contribution in [2.45, 2.75) is 63.5 Å². The highest BCUT2D eigenvalue weighted by Gasteiger charge is 2.48. The molecular formula is C66H54N2Si. The minimum atomic E-state index is -1.99.